The van der Waals surface area contributed by atoms with Crippen molar-refractivity contribution in [3.05, 3.63) is 59.1 Å². The van der Waals surface area contributed by atoms with E-state index in [1.54, 1.807) is 0 Å². The predicted octanol–water partition coefficient (Wildman–Crippen LogP) is 3.92. The Bertz CT molecular complexity index is 502. The van der Waals surface area contributed by atoms with Crippen LogP contribution in [0.2, 0.25) is 0 Å². The third-order valence-corrected chi connectivity index (χ3v) is 3.03. The molecule has 2 aromatic rings. The van der Waals surface area contributed by atoms with Gasteiger partial charge >= 0.3 is 0 Å². The highest BCUT2D eigenvalue weighted by atomic mass is 79.9. The van der Waals surface area contributed by atoms with Crippen molar-refractivity contribution >= 4 is 15.9 Å². The Morgan fingerprint density at radius 1 is 0.700 bits per heavy atom. The maximum Gasteiger partial charge on any atom is 0.120 e. The molecule has 106 valence electrons. The zero-order valence-electron chi connectivity index (χ0n) is 11.1. The normalized spacial score (nSPS) is 10.2. The van der Waals surface area contributed by atoms with Gasteiger partial charge in [-0.3, -0.25) is 0 Å². The van der Waals surface area contributed by atoms with Crippen molar-refractivity contribution in [1.82, 2.24) is 0 Å². The maximum atomic E-state index is 5.56. The minimum atomic E-state index is 0.530. The van der Waals surface area contributed by atoms with Gasteiger partial charge in [0.15, 0.2) is 0 Å². The largest absolute Gasteiger partial charge is 0.491 e. The number of hydrogen-bond acceptors (Lipinski definition) is 3. The number of benzene rings is 2. The zero-order valence-corrected chi connectivity index (χ0v) is 12.7. The van der Waals surface area contributed by atoms with Crippen LogP contribution in [-0.2, 0) is 4.74 Å². The Hall–Kier alpha value is -1.52. The molecule has 4 heteroatoms. The van der Waals surface area contributed by atoms with Gasteiger partial charge in [-0.15, -0.1) is 0 Å². The molecule has 20 heavy (non-hydrogen) atoms. The average molecular weight is 337 g/mol. The van der Waals surface area contributed by atoms with Crippen LogP contribution in [0.1, 0.15) is 0 Å². The third-order valence-electron chi connectivity index (χ3n) is 2.53. The standard InChI is InChI=1S/C16H17BrO3/c17-14-5-4-8-16(13-14)20-12-10-18-9-11-19-15-6-2-1-3-7-15/h1-8,13H,9-12H2. The van der Waals surface area contributed by atoms with Crippen LogP contribution in [0.25, 0.3) is 0 Å². The minimum absolute atomic E-state index is 0.530. The molecular formula is C16H17BrO3. The fourth-order valence-corrected chi connectivity index (χ4v) is 1.99. The molecule has 0 bridgehead atoms. The van der Waals surface area contributed by atoms with Crippen molar-refractivity contribution in [3.8, 4) is 11.5 Å². The predicted molar refractivity (Wildman–Crippen MR) is 82.4 cm³/mol. The van der Waals surface area contributed by atoms with E-state index in [9.17, 15) is 0 Å². The van der Waals surface area contributed by atoms with E-state index in [0.29, 0.717) is 26.4 Å². The Balaban J connectivity index is 1.52. The fraction of sp³-hybridized carbons (Fsp3) is 0.250. The number of hydrogen-bond donors (Lipinski definition) is 0. The molecule has 0 aromatic heterocycles. The molecule has 0 N–H and O–H groups in total. The molecular weight excluding hydrogens is 320 g/mol. The molecule has 2 aromatic carbocycles. The Morgan fingerprint density at radius 3 is 2.05 bits per heavy atom. The first kappa shape index (κ1) is 14.9. The van der Waals surface area contributed by atoms with Crippen LogP contribution in [0.5, 0.6) is 11.5 Å². The van der Waals surface area contributed by atoms with Gasteiger partial charge in [0.05, 0.1) is 13.2 Å². The summed E-state index contributed by atoms with van der Waals surface area (Å²) in [6.07, 6.45) is 0. The molecule has 0 saturated heterocycles. The summed E-state index contributed by atoms with van der Waals surface area (Å²) in [6.45, 7) is 2.17. The lowest BCUT2D eigenvalue weighted by Gasteiger charge is -2.08. The second kappa shape index (κ2) is 8.61. The van der Waals surface area contributed by atoms with E-state index >= 15 is 0 Å². The maximum absolute atomic E-state index is 5.56. The topological polar surface area (TPSA) is 27.7 Å². The smallest absolute Gasteiger partial charge is 0.120 e. The second-order valence-electron chi connectivity index (χ2n) is 4.08. The highest BCUT2D eigenvalue weighted by Gasteiger charge is 1.95. The molecule has 0 aliphatic heterocycles. The number of rotatable bonds is 8. The highest BCUT2D eigenvalue weighted by molar-refractivity contribution is 9.10. The van der Waals surface area contributed by atoms with Gasteiger partial charge in [-0.05, 0) is 30.3 Å². The van der Waals surface area contributed by atoms with E-state index in [4.69, 9.17) is 14.2 Å². The highest BCUT2D eigenvalue weighted by Crippen LogP contribution is 2.17. The van der Waals surface area contributed by atoms with Crippen LogP contribution < -0.4 is 9.47 Å². The number of para-hydroxylation sites is 1. The number of halogens is 1. The summed E-state index contributed by atoms with van der Waals surface area (Å²) in [6, 6.07) is 17.5. The van der Waals surface area contributed by atoms with Crippen LogP contribution in [-0.4, -0.2) is 26.4 Å². The molecule has 0 saturated carbocycles. The first-order chi connectivity index (χ1) is 9.84. The summed E-state index contributed by atoms with van der Waals surface area (Å²) < 4.78 is 17.5. The fourth-order valence-electron chi connectivity index (χ4n) is 1.61. The summed E-state index contributed by atoms with van der Waals surface area (Å²) >= 11 is 3.40. The van der Waals surface area contributed by atoms with Crippen molar-refractivity contribution in [2.45, 2.75) is 0 Å². The van der Waals surface area contributed by atoms with E-state index in [-0.39, 0.29) is 0 Å². The van der Waals surface area contributed by atoms with Crippen molar-refractivity contribution in [1.29, 1.82) is 0 Å². The van der Waals surface area contributed by atoms with Crippen LogP contribution in [0.15, 0.2) is 59.1 Å². The van der Waals surface area contributed by atoms with Gasteiger partial charge in [0.25, 0.3) is 0 Å². The van der Waals surface area contributed by atoms with Gasteiger partial charge < -0.3 is 14.2 Å². The van der Waals surface area contributed by atoms with E-state index in [1.807, 2.05) is 54.6 Å². The van der Waals surface area contributed by atoms with Gasteiger partial charge in [-0.1, -0.05) is 40.2 Å². The monoisotopic (exact) mass is 336 g/mol. The molecule has 0 radical (unpaired) electrons. The molecule has 0 spiro atoms. The minimum Gasteiger partial charge on any atom is -0.491 e. The van der Waals surface area contributed by atoms with Crippen LogP contribution in [0.3, 0.4) is 0 Å². The summed E-state index contributed by atoms with van der Waals surface area (Å²) in [7, 11) is 0. The molecule has 0 heterocycles. The van der Waals surface area contributed by atoms with Crippen LogP contribution in [0.4, 0.5) is 0 Å². The number of ether oxygens (including phenoxy) is 3. The Kier molecular flexibility index (Phi) is 6.41. The first-order valence-electron chi connectivity index (χ1n) is 6.48. The summed E-state index contributed by atoms with van der Waals surface area (Å²) in [5.74, 6) is 1.70. The first-order valence-corrected chi connectivity index (χ1v) is 7.28. The lowest BCUT2D eigenvalue weighted by Crippen LogP contribution is -2.12. The van der Waals surface area contributed by atoms with Gasteiger partial charge in [-0.25, -0.2) is 0 Å². The van der Waals surface area contributed by atoms with Crippen molar-refractivity contribution in [2.24, 2.45) is 0 Å². The van der Waals surface area contributed by atoms with Gasteiger partial charge in [0.2, 0.25) is 0 Å². The molecule has 0 unspecified atom stereocenters. The van der Waals surface area contributed by atoms with E-state index in [0.717, 1.165) is 16.0 Å². The molecule has 0 aliphatic carbocycles. The molecule has 0 fully saturated rings. The SMILES string of the molecule is Brc1cccc(OCCOCCOc2ccccc2)c1. The van der Waals surface area contributed by atoms with Gasteiger partial charge in [-0.2, -0.15) is 0 Å². The van der Waals surface area contributed by atoms with Gasteiger partial charge in [0, 0.05) is 4.47 Å². The van der Waals surface area contributed by atoms with Crippen molar-refractivity contribution < 1.29 is 14.2 Å². The zero-order chi connectivity index (χ0) is 14.0. The lowest BCUT2D eigenvalue weighted by molar-refractivity contribution is 0.0764. The van der Waals surface area contributed by atoms with E-state index in [2.05, 4.69) is 15.9 Å². The second-order valence-corrected chi connectivity index (χ2v) is 5.00. The van der Waals surface area contributed by atoms with E-state index < -0.39 is 0 Å². The summed E-state index contributed by atoms with van der Waals surface area (Å²) in [5, 5.41) is 0. The Labute approximate surface area is 127 Å². The van der Waals surface area contributed by atoms with Crippen molar-refractivity contribution in [2.75, 3.05) is 26.4 Å². The molecule has 2 rings (SSSR count). The molecule has 0 aliphatic rings. The summed E-state index contributed by atoms with van der Waals surface area (Å²) in [4.78, 5) is 0. The van der Waals surface area contributed by atoms with Crippen LogP contribution in [0, 0.1) is 0 Å². The molecule has 0 amide bonds. The quantitative estimate of drug-likeness (QED) is 0.683. The Morgan fingerprint density at radius 2 is 1.35 bits per heavy atom. The summed E-state index contributed by atoms with van der Waals surface area (Å²) in [5.41, 5.74) is 0. The van der Waals surface area contributed by atoms with E-state index in [1.165, 1.54) is 0 Å². The lowest BCUT2D eigenvalue weighted by atomic mass is 10.3. The van der Waals surface area contributed by atoms with Crippen molar-refractivity contribution in [3.63, 3.8) is 0 Å². The van der Waals surface area contributed by atoms with Gasteiger partial charge in [0.1, 0.15) is 24.7 Å². The molecule has 3 nitrogen and oxygen atoms in total. The average Bonchev–Trinajstić information content (AvgIpc) is 2.47. The van der Waals surface area contributed by atoms with Crippen LogP contribution >= 0.6 is 15.9 Å². The third kappa shape index (κ3) is 5.63. The molecule has 0 atom stereocenters.